The molecule has 2 amide bonds. The molecule has 1 saturated heterocycles. The van der Waals surface area contributed by atoms with E-state index in [4.69, 9.17) is 25.5 Å². The molecule has 0 atom stereocenters. The molecule has 2 heterocycles. The van der Waals surface area contributed by atoms with Crippen molar-refractivity contribution in [3.05, 3.63) is 118 Å². The molecule has 1 aromatic heterocycles. The molecule has 1 aliphatic heterocycles. The number of hydrogen-bond donors (Lipinski definition) is 1. The van der Waals surface area contributed by atoms with Crippen molar-refractivity contribution in [1.29, 1.82) is 0 Å². The molecule has 4 aromatic rings. The lowest BCUT2D eigenvalue weighted by atomic mass is 10.2. The van der Waals surface area contributed by atoms with E-state index in [9.17, 15) is 9.59 Å². The van der Waals surface area contributed by atoms with Gasteiger partial charge in [0.2, 0.25) is 0 Å². The molecule has 1 N–H and O–H groups in total. The van der Waals surface area contributed by atoms with E-state index in [2.05, 4.69) is 15.5 Å². The third-order valence-corrected chi connectivity index (χ3v) is 7.43. The fraction of sp³-hybridized carbons (Fsp3) is 0.125. The van der Waals surface area contributed by atoms with Crippen LogP contribution in [0.5, 0.6) is 11.5 Å². The second kappa shape index (κ2) is 13.9. The van der Waals surface area contributed by atoms with Crippen LogP contribution in [-0.4, -0.2) is 41.8 Å². The van der Waals surface area contributed by atoms with Gasteiger partial charge in [-0.3, -0.25) is 14.5 Å². The normalized spacial score (nSPS) is 15.0. The van der Waals surface area contributed by atoms with Crippen molar-refractivity contribution in [3.8, 4) is 11.5 Å². The summed E-state index contributed by atoms with van der Waals surface area (Å²) in [5.74, 6) is 1.11. The summed E-state index contributed by atoms with van der Waals surface area (Å²) in [6.07, 6.45) is 4.80. The quantitative estimate of drug-likeness (QED) is 0.120. The van der Waals surface area contributed by atoms with E-state index in [0.717, 1.165) is 28.6 Å². The summed E-state index contributed by atoms with van der Waals surface area (Å²) < 4.78 is 16.5. The van der Waals surface area contributed by atoms with Gasteiger partial charge in [-0.1, -0.05) is 29.3 Å². The van der Waals surface area contributed by atoms with E-state index in [0.29, 0.717) is 37.9 Å². The van der Waals surface area contributed by atoms with Crippen LogP contribution in [0.2, 0.25) is 5.02 Å². The van der Waals surface area contributed by atoms with Crippen LogP contribution < -0.4 is 14.8 Å². The fourth-order valence-electron chi connectivity index (χ4n) is 4.00. The number of ether oxygens (including phenoxy) is 2. The second-order valence-corrected chi connectivity index (χ2v) is 10.8. The van der Waals surface area contributed by atoms with E-state index in [-0.39, 0.29) is 25.0 Å². The molecule has 0 saturated carbocycles. The molecule has 1 fully saturated rings. The van der Waals surface area contributed by atoms with E-state index >= 15 is 0 Å². The van der Waals surface area contributed by atoms with Gasteiger partial charge >= 0.3 is 0 Å². The summed E-state index contributed by atoms with van der Waals surface area (Å²) in [7, 11) is 1.60. The molecular formula is C32H27ClN4O5S. The first-order chi connectivity index (χ1) is 20.9. The number of carbonyl (C=O) groups is 2. The van der Waals surface area contributed by atoms with Crippen LogP contribution in [0.25, 0.3) is 6.08 Å². The van der Waals surface area contributed by atoms with Gasteiger partial charge in [0.25, 0.3) is 11.8 Å². The Morgan fingerprint density at radius 3 is 2.60 bits per heavy atom. The third-order valence-electron chi connectivity index (χ3n) is 6.20. The van der Waals surface area contributed by atoms with Crippen molar-refractivity contribution in [3.63, 3.8) is 0 Å². The monoisotopic (exact) mass is 614 g/mol. The number of methoxy groups -OCH3 is 1. The van der Waals surface area contributed by atoms with Crippen molar-refractivity contribution in [1.82, 2.24) is 4.90 Å². The molecule has 43 heavy (non-hydrogen) atoms. The Balaban J connectivity index is 1.36. The molecule has 5 rings (SSSR count). The molecule has 0 aliphatic carbocycles. The Morgan fingerprint density at radius 2 is 1.88 bits per heavy atom. The minimum Gasteiger partial charge on any atom is -0.497 e. The van der Waals surface area contributed by atoms with Gasteiger partial charge in [0.15, 0.2) is 11.8 Å². The molecule has 0 bridgehead atoms. The summed E-state index contributed by atoms with van der Waals surface area (Å²) in [6.45, 7) is 1.91. The smallest absolute Gasteiger partial charge is 0.267 e. The Bertz CT molecular complexity index is 1680. The second-order valence-electron chi connectivity index (χ2n) is 9.37. The average molecular weight is 615 g/mol. The number of nitrogens with zero attached hydrogens (tertiary/aromatic N) is 3. The number of furan rings is 1. The van der Waals surface area contributed by atoms with Gasteiger partial charge in [-0.05, 0) is 97.1 Å². The number of halogens is 1. The van der Waals surface area contributed by atoms with Crippen LogP contribution in [0.1, 0.15) is 22.5 Å². The number of carbonyl (C=O) groups excluding carboxylic acids is 2. The molecule has 0 unspecified atom stereocenters. The zero-order valence-corrected chi connectivity index (χ0v) is 24.9. The Morgan fingerprint density at radius 1 is 1.09 bits per heavy atom. The van der Waals surface area contributed by atoms with Crippen molar-refractivity contribution in [2.24, 2.45) is 10.2 Å². The van der Waals surface area contributed by atoms with Gasteiger partial charge < -0.3 is 19.2 Å². The number of thioether (sulfide) groups is 1. The number of benzene rings is 3. The highest BCUT2D eigenvalue weighted by Crippen LogP contribution is 2.36. The summed E-state index contributed by atoms with van der Waals surface area (Å²) >= 11 is 7.45. The number of aryl methyl sites for hydroxylation is 1. The molecule has 11 heteroatoms. The molecule has 218 valence electrons. The molecule has 0 spiro atoms. The van der Waals surface area contributed by atoms with E-state index in [1.807, 2.05) is 55.5 Å². The standard InChI is InChI=1S/C32H27ClN4O5S/c1-21-5-10-25(11-6-21)35-30(38)20-42-28-14-9-24(33)16-23(28)17-29-31(39)37(19-27-4-3-15-41-27)32(43-29)36-34-18-22-7-12-26(40-2)13-8-22/h3-18H,19-20H2,1-2H3,(H,35,38)/b29-17-,34-18+,36-32-. The van der Waals surface area contributed by atoms with E-state index < -0.39 is 0 Å². The number of hydrogen-bond acceptors (Lipinski definition) is 8. The maximum Gasteiger partial charge on any atom is 0.267 e. The fourth-order valence-corrected chi connectivity index (χ4v) is 5.10. The van der Waals surface area contributed by atoms with E-state index in [1.54, 1.807) is 56.0 Å². The first-order valence-corrected chi connectivity index (χ1v) is 14.3. The van der Waals surface area contributed by atoms with Gasteiger partial charge in [-0.25, -0.2) is 0 Å². The topological polar surface area (TPSA) is 106 Å². The summed E-state index contributed by atoms with van der Waals surface area (Å²) in [6, 6.07) is 23.3. The highest BCUT2D eigenvalue weighted by molar-refractivity contribution is 8.18. The number of rotatable bonds is 10. The van der Waals surface area contributed by atoms with E-state index in [1.165, 1.54) is 4.90 Å². The highest BCUT2D eigenvalue weighted by Gasteiger charge is 2.34. The maximum absolute atomic E-state index is 13.6. The lowest BCUT2D eigenvalue weighted by Gasteiger charge is -2.13. The average Bonchev–Trinajstić information content (AvgIpc) is 3.63. The molecule has 9 nitrogen and oxygen atoms in total. The number of anilines is 1. The third kappa shape index (κ3) is 7.94. The molecule has 1 aliphatic rings. The lowest BCUT2D eigenvalue weighted by molar-refractivity contribution is -0.122. The minimum absolute atomic E-state index is 0.172. The van der Waals surface area contributed by atoms with Crippen molar-refractivity contribution >= 4 is 58.3 Å². The largest absolute Gasteiger partial charge is 0.497 e. The van der Waals surface area contributed by atoms with Gasteiger partial charge in [0.05, 0.1) is 31.0 Å². The molecule has 0 radical (unpaired) electrons. The summed E-state index contributed by atoms with van der Waals surface area (Å²) in [5, 5.41) is 12.2. The maximum atomic E-state index is 13.6. The number of nitrogens with one attached hydrogen (secondary N) is 1. The number of amidine groups is 1. The number of amides is 2. The molecular weight excluding hydrogens is 588 g/mol. The Labute approximate surface area is 257 Å². The van der Waals surface area contributed by atoms with Crippen LogP contribution in [0.3, 0.4) is 0 Å². The minimum atomic E-state index is -0.322. The zero-order valence-electron chi connectivity index (χ0n) is 23.3. The van der Waals surface area contributed by atoms with Gasteiger partial charge in [-0.15, -0.1) is 5.10 Å². The van der Waals surface area contributed by atoms with Crippen molar-refractivity contribution < 1.29 is 23.5 Å². The van der Waals surface area contributed by atoms with Crippen LogP contribution >= 0.6 is 23.4 Å². The Hall–Kier alpha value is -4.80. The predicted molar refractivity (Wildman–Crippen MR) is 170 cm³/mol. The molecule has 3 aromatic carbocycles. The van der Waals surface area contributed by atoms with Gasteiger partial charge in [0.1, 0.15) is 17.3 Å². The summed E-state index contributed by atoms with van der Waals surface area (Å²) in [5.41, 5.74) is 3.11. The van der Waals surface area contributed by atoms with Crippen LogP contribution in [0.15, 0.2) is 105 Å². The summed E-state index contributed by atoms with van der Waals surface area (Å²) in [4.78, 5) is 27.9. The van der Waals surface area contributed by atoms with Crippen molar-refractivity contribution in [2.75, 3.05) is 19.0 Å². The SMILES string of the molecule is COc1ccc(/C=N/N=C2\S/C(=C\c3cc(Cl)ccc3OCC(=O)Nc3ccc(C)cc3)C(=O)N2Cc2ccco2)cc1. The Kier molecular flexibility index (Phi) is 9.60. The first-order valence-electron chi connectivity index (χ1n) is 13.2. The lowest BCUT2D eigenvalue weighted by Crippen LogP contribution is -2.28. The first kappa shape index (κ1) is 29.7. The van der Waals surface area contributed by atoms with Crippen LogP contribution in [-0.2, 0) is 16.1 Å². The predicted octanol–water partition coefficient (Wildman–Crippen LogP) is 6.77. The van der Waals surface area contributed by atoms with Gasteiger partial charge in [-0.2, -0.15) is 5.10 Å². The highest BCUT2D eigenvalue weighted by atomic mass is 35.5. The van der Waals surface area contributed by atoms with Gasteiger partial charge in [0, 0.05) is 16.3 Å². The van der Waals surface area contributed by atoms with Crippen LogP contribution in [0, 0.1) is 6.92 Å². The van der Waals surface area contributed by atoms with Crippen molar-refractivity contribution in [2.45, 2.75) is 13.5 Å². The van der Waals surface area contributed by atoms with Crippen LogP contribution in [0.4, 0.5) is 5.69 Å². The zero-order chi connectivity index (χ0) is 30.2.